The van der Waals surface area contributed by atoms with E-state index in [1.807, 2.05) is 0 Å². The van der Waals surface area contributed by atoms with Crippen LogP contribution in [0.3, 0.4) is 0 Å². The Morgan fingerprint density at radius 1 is 1.03 bits per heavy atom. The molecule has 38 heavy (non-hydrogen) atoms. The molecule has 194 valence electrons. The van der Waals surface area contributed by atoms with E-state index < -0.39 is 29.6 Å². The summed E-state index contributed by atoms with van der Waals surface area (Å²) in [5.41, 5.74) is 0.749. The molecule has 0 spiro atoms. The van der Waals surface area contributed by atoms with E-state index in [0.717, 1.165) is 4.90 Å². The number of carbonyl (C=O) groups is 4. The molecule has 4 rings (SSSR count). The zero-order chi connectivity index (χ0) is 27.2. The number of ether oxygens (including phenoxy) is 2. The van der Waals surface area contributed by atoms with Gasteiger partial charge in [0.1, 0.15) is 11.4 Å². The van der Waals surface area contributed by atoms with Crippen molar-refractivity contribution in [1.29, 1.82) is 0 Å². The van der Waals surface area contributed by atoms with E-state index in [-0.39, 0.29) is 36.0 Å². The van der Waals surface area contributed by atoms with Crippen LogP contribution in [0.25, 0.3) is 6.08 Å². The molecule has 0 aliphatic carbocycles. The Hall–Kier alpha value is -4.70. The standard InChI is InChI=1S/C27H21ClFN3O6/c1-2-37-23-13-16(6-11-22(23)38-15-24(33)30-19-9-7-18(29)8-10-19)12-21-25(34)31-27(36)32(26(21)35)20-5-3-4-17(28)14-20/h3-14H,2,15H2,1H3,(H,30,33)(H,31,34,36)/b21-12+. The zero-order valence-electron chi connectivity index (χ0n) is 20.0. The molecule has 0 aromatic heterocycles. The number of anilines is 2. The number of nitrogens with zero attached hydrogens (tertiary/aromatic N) is 1. The van der Waals surface area contributed by atoms with Crippen LogP contribution in [-0.4, -0.2) is 37.0 Å². The molecule has 11 heteroatoms. The molecule has 0 unspecified atom stereocenters. The minimum Gasteiger partial charge on any atom is -0.490 e. The second-order valence-electron chi connectivity index (χ2n) is 7.92. The Kier molecular flexibility index (Phi) is 8.03. The molecule has 3 aromatic rings. The van der Waals surface area contributed by atoms with Crippen molar-refractivity contribution in [2.24, 2.45) is 0 Å². The van der Waals surface area contributed by atoms with Crippen molar-refractivity contribution in [3.05, 3.63) is 88.7 Å². The topological polar surface area (TPSA) is 114 Å². The van der Waals surface area contributed by atoms with Gasteiger partial charge in [0.15, 0.2) is 18.1 Å². The van der Waals surface area contributed by atoms with Gasteiger partial charge in [-0.3, -0.25) is 19.7 Å². The van der Waals surface area contributed by atoms with Crippen LogP contribution < -0.4 is 25.0 Å². The highest BCUT2D eigenvalue weighted by molar-refractivity contribution is 6.39. The number of hydrogen-bond acceptors (Lipinski definition) is 6. The number of hydrogen-bond donors (Lipinski definition) is 2. The number of rotatable bonds is 8. The Bertz CT molecular complexity index is 1440. The van der Waals surface area contributed by atoms with Crippen molar-refractivity contribution in [2.45, 2.75) is 6.92 Å². The summed E-state index contributed by atoms with van der Waals surface area (Å²) in [7, 11) is 0. The number of amides is 5. The van der Waals surface area contributed by atoms with Gasteiger partial charge < -0.3 is 14.8 Å². The van der Waals surface area contributed by atoms with Gasteiger partial charge in [0.05, 0.1) is 12.3 Å². The van der Waals surface area contributed by atoms with Crippen molar-refractivity contribution in [3.8, 4) is 11.5 Å². The average molecular weight is 538 g/mol. The van der Waals surface area contributed by atoms with Gasteiger partial charge in [0.2, 0.25) is 0 Å². The Labute approximate surface area is 221 Å². The van der Waals surface area contributed by atoms with Crippen LogP contribution in [0.4, 0.5) is 20.6 Å². The predicted octanol–water partition coefficient (Wildman–Crippen LogP) is 4.56. The molecule has 1 heterocycles. The fourth-order valence-corrected chi connectivity index (χ4v) is 3.73. The second kappa shape index (κ2) is 11.6. The number of benzene rings is 3. The van der Waals surface area contributed by atoms with Gasteiger partial charge >= 0.3 is 6.03 Å². The number of carbonyl (C=O) groups excluding carboxylic acids is 4. The van der Waals surface area contributed by atoms with Crippen LogP contribution in [0.1, 0.15) is 12.5 Å². The van der Waals surface area contributed by atoms with Crippen molar-refractivity contribution in [3.63, 3.8) is 0 Å². The monoisotopic (exact) mass is 537 g/mol. The number of imide groups is 2. The van der Waals surface area contributed by atoms with E-state index in [2.05, 4.69) is 10.6 Å². The fourth-order valence-electron chi connectivity index (χ4n) is 3.55. The summed E-state index contributed by atoms with van der Waals surface area (Å²) < 4.78 is 24.2. The molecule has 1 saturated heterocycles. The molecule has 0 bridgehead atoms. The summed E-state index contributed by atoms with van der Waals surface area (Å²) in [6, 6.07) is 15.1. The SMILES string of the molecule is CCOc1cc(/C=C2\C(=O)NC(=O)N(c3cccc(Cl)c3)C2=O)ccc1OCC(=O)Nc1ccc(F)cc1. The van der Waals surface area contributed by atoms with E-state index in [0.29, 0.717) is 16.3 Å². The lowest BCUT2D eigenvalue weighted by molar-refractivity contribution is -0.122. The third-order valence-electron chi connectivity index (χ3n) is 5.23. The Morgan fingerprint density at radius 2 is 1.79 bits per heavy atom. The maximum Gasteiger partial charge on any atom is 0.335 e. The highest BCUT2D eigenvalue weighted by Crippen LogP contribution is 2.30. The Balaban J connectivity index is 1.53. The van der Waals surface area contributed by atoms with Crippen LogP contribution in [0.15, 0.2) is 72.3 Å². The van der Waals surface area contributed by atoms with Gasteiger partial charge in [0, 0.05) is 10.7 Å². The fraction of sp³-hybridized carbons (Fsp3) is 0.111. The lowest BCUT2D eigenvalue weighted by Crippen LogP contribution is -2.54. The highest BCUT2D eigenvalue weighted by atomic mass is 35.5. The minimum absolute atomic E-state index is 0.205. The summed E-state index contributed by atoms with van der Waals surface area (Å²) in [6.07, 6.45) is 1.31. The molecule has 3 aromatic carbocycles. The van der Waals surface area contributed by atoms with Gasteiger partial charge in [-0.25, -0.2) is 14.1 Å². The van der Waals surface area contributed by atoms with E-state index in [4.69, 9.17) is 21.1 Å². The van der Waals surface area contributed by atoms with Crippen molar-refractivity contribution in [1.82, 2.24) is 5.32 Å². The third-order valence-corrected chi connectivity index (χ3v) is 5.47. The van der Waals surface area contributed by atoms with Crippen LogP contribution >= 0.6 is 11.6 Å². The van der Waals surface area contributed by atoms with E-state index in [9.17, 15) is 23.6 Å². The van der Waals surface area contributed by atoms with Crippen LogP contribution in [-0.2, 0) is 14.4 Å². The van der Waals surface area contributed by atoms with E-state index >= 15 is 0 Å². The van der Waals surface area contributed by atoms with E-state index in [1.165, 1.54) is 54.6 Å². The number of barbiturate groups is 1. The molecule has 1 fully saturated rings. The van der Waals surface area contributed by atoms with Crippen molar-refractivity contribution < 1.29 is 33.0 Å². The summed E-state index contributed by atoms with van der Waals surface area (Å²) in [5, 5.41) is 5.05. The normalized spacial score (nSPS) is 14.3. The van der Waals surface area contributed by atoms with Crippen molar-refractivity contribution in [2.75, 3.05) is 23.4 Å². The molecule has 1 aliphatic heterocycles. The first-order chi connectivity index (χ1) is 18.2. The first-order valence-corrected chi connectivity index (χ1v) is 11.7. The smallest absolute Gasteiger partial charge is 0.335 e. The first-order valence-electron chi connectivity index (χ1n) is 11.4. The van der Waals surface area contributed by atoms with Crippen molar-refractivity contribution >= 4 is 52.8 Å². The van der Waals surface area contributed by atoms with Gasteiger partial charge in [-0.1, -0.05) is 23.7 Å². The third kappa shape index (κ3) is 6.16. The zero-order valence-corrected chi connectivity index (χ0v) is 20.8. The van der Waals surface area contributed by atoms with Gasteiger partial charge in [-0.05, 0) is 73.2 Å². The minimum atomic E-state index is -0.892. The Morgan fingerprint density at radius 3 is 2.50 bits per heavy atom. The number of halogens is 2. The summed E-state index contributed by atoms with van der Waals surface area (Å²) in [4.78, 5) is 51.0. The lowest BCUT2D eigenvalue weighted by Gasteiger charge is -2.26. The maximum absolute atomic E-state index is 13.1. The van der Waals surface area contributed by atoms with E-state index in [1.54, 1.807) is 25.1 Å². The van der Waals surface area contributed by atoms with Gasteiger partial charge in [-0.2, -0.15) is 0 Å². The average Bonchev–Trinajstić information content (AvgIpc) is 2.87. The molecule has 5 amide bonds. The molecule has 9 nitrogen and oxygen atoms in total. The van der Waals surface area contributed by atoms with Crippen LogP contribution in [0.5, 0.6) is 11.5 Å². The molecule has 0 saturated carbocycles. The molecular formula is C27H21ClFN3O6. The maximum atomic E-state index is 13.1. The van der Waals surface area contributed by atoms with Gasteiger partial charge in [-0.15, -0.1) is 0 Å². The molecular weight excluding hydrogens is 517 g/mol. The first kappa shape index (κ1) is 26.4. The molecule has 0 radical (unpaired) electrons. The molecule has 2 N–H and O–H groups in total. The summed E-state index contributed by atoms with van der Waals surface area (Å²) in [5.74, 6) is -2.06. The largest absolute Gasteiger partial charge is 0.490 e. The predicted molar refractivity (Wildman–Crippen MR) is 139 cm³/mol. The van der Waals surface area contributed by atoms with Gasteiger partial charge in [0.25, 0.3) is 17.7 Å². The van der Waals surface area contributed by atoms with Crippen LogP contribution in [0.2, 0.25) is 5.02 Å². The summed E-state index contributed by atoms with van der Waals surface area (Å²) >= 11 is 5.99. The molecule has 0 atom stereocenters. The number of nitrogens with one attached hydrogen (secondary N) is 2. The lowest BCUT2D eigenvalue weighted by atomic mass is 10.1. The van der Waals surface area contributed by atoms with Crippen LogP contribution in [0, 0.1) is 5.82 Å². The summed E-state index contributed by atoms with van der Waals surface area (Å²) in [6.45, 7) is 1.67. The quantitative estimate of drug-likeness (QED) is 0.321. The second-order valence-corrected chi connectivity index (χ2v) is 8.36. The molecule has 1 aliphatic rings. The number of urea groups is 1. The highest BCUT2D eigenvalue weighted by Gasteiger charge is 2.36.